The van der Waals surface area contributed by atoms with Gasteiger partial charge in [-0.1, -0.05) is 29.8 Å². The number of benzene rings is 1. The molecule has 0 spiro atoms. The minimum Gasteiger partial charge on any atom is -0.313 e. The summed E-state index contributed by atoms with van der Waals surface area (Å²) < 4.78 is 39.7. The van der Waals surface area contributed by atoms with Gasteiger partial charge in [0.25, 0.3) is 0 Å². The van der Waals surface area contributed by atoms with E-state index in [1.165, 1.54) is 18.2 Å². The Labute approximate surface area is 115 Å². The molecule has 0 amide bonds. The maximum Gasteiger partial charge on any atom is 0.234 e. The Balaban J connectivity index is 2.67. The number of hydrogen-bond donors (Lipinski definition) is 2. The second-order valence-corrected chi connectivity index (χ2v) is 6.91. The predicted molar refractivity (Wildman–Crippen MR) is 74.6 cm³/mol. The van der Waals surface area contributed by atoms with Crippen molar-refractivity contribution >= 4 is 31.6 Å². The Bertz CT molecular complexity index is 506. The standard InChI is InChI=1S/C11H16BrFN2O2S/c1-8(2)14-5-6-18(16,17)15-11-7-9(12)3-4-10(11)13/h3-4,7-8,14-15H,5-6H2,1-2H3. The minimum atomic E-state index is -3.54. The van der Waals surface area contributed by atoms with Crippen LogP contribution in [0.4, 0.5) is 10.1 Å². The van der Waals surface area contributed by atoms with Gasteiger partial charge in [-0.25, -0.2) is 12.8 Å². The Morgan fingerprint density at radius 2 is 2.06 bits per heavy atom. The van der Waals surface area contributed by atoms with Gasteiger partial charge in [-0.15, -0.1) is 0 Å². The van der Waals surface area contributed by atoms with Gasteiger partial charge in [0.15, 0.2) is 0 Å². The van der Waals surface area contributed by atoms with Gasteiger partial charge in [0, 0.05) is 17.1 Å². The number of hydrogen-bond acceptors (Lipinski definition) is 3. The lowest BCUT2D eigenvalue weighted by Gasteiger charge is -2.11. The van der Waals surface area contributed by atoms with Gasteiger partial charge in [0.05, 0.1) is 11.4 Å². The normalized spacial score (nSPS) is 11.8. The van der Waals surface area contributed by atoms with E-state index in [1.54, 1.807) is 0 Å². The third-order valence-electron chi connectivity index (χ3n) is 2.12. The van der Waals surface area contributed by atoms with Crippen molar-refractivity contribution in [3.8, 4) is 0 Å². The maximum atomic E-state index is 13.4. The molecule has 1 rings (SSSR count). The molecule has 0 fully saturated rings. The van der Waals surface area contributed by atoms with Crippen molar-refractivity contribution in [2.24, 2.45) is 0 Å². The SMILES string of the molecule is CC(C)NCCS(=O)(=O)Nc1cc(Br)ccc1F. The molecule has 0 heterocycles. The third kappa shape index (κ3) is 5.32. The monoisotopic (exact) mass is 338 g/mol. The highest BCUT2D eigenvalue weighted by Gasteiger charge is 2.13. The van der Waals surface area contributed by atoms with Crippen LogP contribution in [0.15, 0.2) is 22.7 Å². The van der Waals surface area contributed by atoms with Crippen LogP contribution in [0.25, 0.3) is 0 Å². The molecule has 4 nitrogen and oxygen atoms in total. The summed E-state index contributed by atoms with van der Waals surface area (Å²) in [5.74, 6) is -0.699. The molecule has 0 radical (unpaired) electrons. The fraction of sp³-hybridized carbons (Fsp3) is 0.455. The molecular formula is C11H16BrFN2O2S. The van der Waals surface area contributed by atoms with E-state index in [1.807, 2.05) is 13.8 Å². The predicted octanol–water partition coefficient (Wildman–Crippen LogP) is 2.33. The van der Waals surface area contributed by atoms with Gasteiger partial charge in [-0.05, 0) is 18.2 Å². The molecule has 1 aromatic rings. The van der Waals surface area contributed by atoms with Crippen molar-refractivity contribution in [3.05, 3.63) is 28.5 Å². The highest BCUT2D eigenvalue weighted by Crippen LogP contribution is 2.20. The largest absolute Gasteiger partial charge is 0.313 e. The van der Waals surface area contributed by atoms with Gasteiger partial charge < -0.3 is 5.32 Å². The molecule has 18 heavy (non-hydrogen) atoms. The zero-order chi connectivity index (χ0) is 13.8. The van der Waals surface area contributed by atoms with Gasteiger partial charge in [0.1, 0.15) is 5.82 Å². The summed E-state index contributed by atoms with van der Waals surface area (Å²) in [6.45, 7) is 4.17. The van der Waals surface area contributed by atoms with Crippen molar-refractivity contribution in [1.82, 2.24) is 5.32 Å². The van der Waals surface area contributed by atoms with Crippen molar-refractivity contribution in [1.29, 1.82) is 0 Å². The van der Waals surface area contributed by atoms with Crippen molar-refractivity contribution < 1.29 is 12.8 Å². The molecule has 0 aromatic heterocycles. The van der Waals surface area contributed by atoms with Crippen LogP contribution < -0.4 is 10.0 Å². The first-order chi connectivity index (χ1) is 8.30. The first-order valence-corrected chi connectivity index (χ1v) is 7.93. The van der Waals surface area contributed by atoms with E-state index in [9.17, 15) is 12.8 Å². The average Bonchev–Trinajstić information content (AvgIpc) is 2.22. The van der Waals surface area contributed by atoms with E-state index < -0.39 is 15.8 Å². The summed E-state index contributed by atoms with van der Waals surface area (Å²) >= 11 is 3.16. The van der Waals surface area contributed by atoms with Crippen LogP contribution in [-0.2, 0) is 10.0 Å². The quantitative estimate of drug-likeness (QED) is 0.836. The summed E-state index contributed by atoms with van der Waals surface area (Å²) in [7, 11) is -3.54. The number of sulfonamides is 1. The highest BCUT2D eigenvalue weighted by molar-refractivity contribution is 9.10. The van der Waals surface area contributed by atoms with Crippen molar-refractivity contribution in [3.63, 3.8) is 0 Å². The second kappa shape index (κ2) is 6.49. The number of anilines is 1. The Kier molecular flexibility index (Phi) is 5.55. The second-order valence-electron chi connectivity index (χ2n) is 4.15. The van der Waals surface area contributed by atoms with Gasteiger partial charge in [-0.2, -0.15) is 0 Å². The Morgan fingerprint density at radius 1 is 1.39 bits per heavy atom. The maximum absolute atomic E-state index is 13.4. The molecule has 0 saturated heterocycles. The van der Waals surface area contributed by atoms with E-state index in [4.69, 9.17) is 0 Å². The Hall–Kier alpha value is -0.660. The van der Waals surface area contributed by atoms with Crippen LogP contribution in [0.3, 0.4) is 0 Å². The molecule has 0 aliphatic carbocycles. The molecule has 2 N–H and O–H groups in total. The molecule has 0 atom stereocenters. The summed E-state index contributed by atoms with van der Waals surface area (Å²) in [6, 6.07) is 4.31. The fourth-order valence-electron chi connectivity index (χ4n) is 1.28. The summed E-state index contributed by atoms with van der Waals surface area (Å²) in [5.41, 5.74) is -0.0473. The summed E-state index contributed by atoms with van der Waals surface area (Å²) in [4.78, 5) is 0. The first kappa shape index (κ1) is 15.4. The summed E-state index contributed by atoms with van der Waals surface area (Å²) in [6.07, 6.45) is 0. The molecule has 0 saturated carbocycles. The molecule has 0 aliphatic rings. The molecule has 0 unspecified atom stereocenters. The smallest absolute Gasteiger partial charge is 0.234 e. The van der Waals surface area contributed by atoms with Crippen LogP contribution >= 0.6 is 15.9 Å². The number of rotatable bonds is 6. The van der Waals surface area contributed by atoms with E-state index in [0.29, 0.717) is 11.0 Å². The van der Waals surface area contributed by atoms with E-state index in [-0.39, 0.29) is 17.5 Å². The Morgan fingerprint density at radius 3 is 2.67 bits per heavy atom. The van der Waals surface area contributed by atoms with Gasteiger partial charge >= 0.3 is 0 Å². The van der Waals surface area contributed by atoms with Gasteiger partial charge in [0.2, 0.25) is 10.0 Å². The fourth-order valence-corrected chi connectivity index (χ4v) is 2.62. The van der Waals surface area contributed by atoms with Crippen LogP contribution in [0, 0.1) is 5.82 Å². The first-order valence-electron chi connectivity index (χ1n) is 5.49. The zero-order valence-corrected chi connectivity index (χ0v) is 12.6. The summed E-state index contributed by atoms with van der Waals surface area (Å²) in [5, 5.41) is 2.99. The molecule has 1 aromatic carbocycles. The van der Waals surface area contributed by atoms with Crippen molar-refractivity contribution in [2.75, 3.05) is 17.0 Å². The van der Waals surface area contributed by atoms with Crippen molar-refractivity contribution in [2.45, 2.75) is 19.9 Å². The molecule has 0 bridgehead atoms. The highest BCUT2D eigenvalue weighted by atomic mass is 79.9. The number of halogens is 2. The lowest BCUT2D eigenvalue weighted by molar-refractivity contribution is 0.580. The lowest BCUT2D eigenvalue weighted by Crippen LogP contribution is -2.31. The van der Waals surface area contributed by atoms with E-state index in [0.717, 1.165) is 0 Å². The van der Waals surface area contributed by atoms with Crippen LogP contribution in [0.2, 0.25) is 0 Å². The average molecular weight is 339 g/mol. The molecule has 0 aliphatic heterocycles. The van der Waals surface area contributed by atoms with Crippen LogP contribution in [-0.4, -0.2) is 26.8 Å². The van der Waals surface area contributed by atoms with Crippen LogP contribution in [0.1, 0.15) is 13.8 Å². The lowest BCUT2D eigenvalue weighted by atomic mass is 10.3. The molecular weight excluding hydrogens is 323 g/mol. The zero-order valence-electron chi connectivity index (χ0n) is 10.2. The third-order valence-corrected chi connectivity index (χ3v) is 3.88. The van der Waals surface area contributed by atoms with E-state index in [2.05, 4.69) is 26.0 Å². The van der Waals surface area contributed by atoms with Crippen LogP contribution in [0.5, 0.6) is 0 Å². The van der Waals surface area contributed by atoms with E-state index >= 15 is 0 Å². The minimum absolute atomic E-state index is 0.0473. The van der Waals surface area contributed by atoms with Gasteiger partial charge in [-0.3, -0.25) is 4.72 Å². The molecule has 102 valence electrons. The molecule has 7 heteroatoms. The number of nitrogens with one attached hydrogen (secondary N) is 2. The topological polar surface area (TPSA) is 58.2 Å².